The van der Waals surface area contributed by atoms with Gasteiger partial charge >= 0.3 is 0 Å². The van der Waals surface area contributed by atoms with E-state index in [-0.39, 0.29) is 5.78 Å². The Hall–Kier alpha value is -0.630. The molecule has 1 rings (SSSR count). The highest BCUT2D eigenvalue weighted by atomic mass is 79.9. The predicted octanol–water partition coefficient (Wildman–Crippen LogP) is 1.84. The number of terminal acetylenes is 1. The van der Waals surface area contributed by atoms with Gasteiger partial charge in [0.2, 0.25) is 0 Å². The van der Waals surface area contributed by atoms with E-state index in [1.165, 1.54) is 0 Å². The van der Waals surface area contributed by atoms with E-state index in [2.05, 4.69) is 27.2 Å². The van der Waals surface area contributed by atoms with Gasteiger partial charge in [-0.05, 0) is 28.1 Å². The van der Waals surface area contributed by atoms with Crippen LogP contribution in [0.25, 0.3) is 0 Å². The van der Waals surface area contributed by atoms with Crippen molar-refractivity contribution in [3.63, 3.8) is 0 Å². The first kappa shape index (κ1) is 11.4. The molecule has 1 aromatic rings. The number of hydrogen-bond donors (Lipinski definition) is 1. The summed E-state index contributed by atoms with van der Waals surface area (Å²) < 4.78 is 1.05. The van der Waals surface area contributed by atoms with Gasteiger partial charge in [-0.15, -0.1) is 17.8 Å². The maximum absolute atomic E-state index is 11.4. The lowest BCUT2D eigenvalue weighted by Gasteiger charge is -1.98. The molecule has 14 heavy (non-hydrogen) atoms. The predicted molar refractivity (Wildman–Crippen MR) is 62.4 cm³/mol. The van der Waals surface area contributed by atoms with Gasteiger partial charge in [0, 0.05) is 11.3 Å². The van der Waals surface area contributed by atoms with Crippen molar-refractivity contribution < 1.29 is 4.79 Å². The second kappa shape index (κ2) is 5.97. The molecule has 4 heteroatoms. The Kier molecular flexibility index (Phi) is 4.88. The number of halogens is 1. The number of carbonyl (C=O) groups excluding carboxylic acids is 1. The first-order valence-electron chi connectivity index (χ1n) is 4.12. The highest BCUT2D eigenvalue weighted by Crippen LogP contribution is 2.22. The van der Waals surface area contributed by atoms with Crippen LogP contribution in [0, 0.1) is 12.3 Å². The van der Waals surface area contributed by atoms with Crippen molar-refractivity contribution in [1.82, 2.24) is 5.32 Å². The second-order valence-corrected chi connectivity index (χ2v) is 5.28. The first-order valence-corrected chi connectivity index (χ1v) is 5.73. The molecule has 0 aliphatic heterocycles. The fourth-order valence-corrected chi connectivity index (χ4v) is 2.49. The zero-order valence-electron chi connectivity index (χ0n) is 7.55. The number of carbonyl (C=O) groups is 1. The van der Waals surface area contributed by atoms with Crippen LogP contribution < -0.4 is 5.32 Å². The standard InChI is InChI=1S/C10H10BrNOS/c1-2-5-12-7-8(13)6-9-3-4-10(11)14-9/h1,3-4,12H,5-7H2. The SMILES string of the molecule is C#CCNCC(=O)Cc1ccc(Br)s1. The van der Waals surface area contributed by atoms with Crippen LogP contribution in [0.2, 0.25) is 0 Å². The van der Waals surface area contributed by atoms with Gasteiger partial charge in [0.15, 0.2) is 5.78 Å². The number of rotatable bonds is 5. The molecule has 1 aromatic heterocycles. The summed E-state index contributed by atoms with van der Waals surface area (Å²) in [5.74, 6) is 2.58. The molecule has 74 valence electrons. The topological polar surface area (TPSA) is 29.1 Å². The third-order valence-corrected chi connectivity index (χ3v) is 3.17. The van der Waals surface area contributed by atoms with Crippen molar-refractivity contribution in [3.05, 3.63) is 20.8 Å². The first-order chi connectivity index (χ1) is 6.72. The van der Waals surface area contributed by atoms with Crippen LogP contribution in [-0.2, 0) is 11.2 Å². The van der Waals surface area contributed by atoms with Crippen LogP contribution in [0.1, 0.15) is 4.88 Å². The Morgan fingerprint density at radius 3 is 3.00 bits per heavy atom. The average Bonchev–Trinajstić information content (AvgIpc) is 2.52. The Bertz CT molecular complexity index is 353. The van der Waals surface area contributed by atoms with Gasteiger partial charge in [0.25, 0.3) is 0 Å². The summed E-state index contributed by atoms with van der Waals surface area (Å²) in [5, 5.41) is 2.87. The minimum Gasteiger partial charge on any atom is -0.299 e. The maximum atomic E-state index is 11.4. The van der Waals surface area contributed by atoms with Crippen molar-refractivity contribution in [2.45, 2.75) is 6.42 Å². The lowest BCUT2D eigenvalue weighted by atomic mass is 10.2. The molecule has 0 bridgehead atoms. The zero-order valence-corrected chi connectivity index (χ0v) is 9.95. The minimum absolute atomic E-state index is 0.162. The molecule has 0 saturated carbocycles. The molecule has 1 N–H and O–H groups in total. The molecule has 0 saturated heterocycles. The van der Waals surface area contributed by atoms with Gasteiger partial charge < -0.3 is 0 Å². The van der Waals surface area contributed by atoms with Crippen LogP contribution in [-0.4, -0.2) is 18.9 Å². The van der Waals surface area contributed by atoms with Crippen LogP contribution >= 0.6 is 27.3 Å². The number of thiophene rings is 1. The Morgan fingerprint density at radius 1 is 1.64 bits per heavy atom. The molecule has 2 nitrogen and oxygen atoms in total. The monoisotopic (exact) mass is 271 g/mol. The van der Waals surface area contributed by atoms with Gasteiger partial charge in [-0.1, -0.05) is 5.92 Å². The summed E-state index contributed by atoms with van der Waals surface area (Å²) in [5.41, 5.74) is 0. The average molecular weight is 272 g/mol. The van der Waals surface area contributed by atoms with Crippen LogP contribution in [0.5, 0.6) is 0 Å². The molecule has 1 heterocycles. The van der Waals surface area contributed by atoms with Gasteiger partial charge in [0.1, 0.15) is 0 Å². The molecule has 0 spiro atoms. The smallest absolute Gasteiger partial charge is 0.151 e. The van der Waals surface area contributed by atoms with Crippen LogP contribution in [0.4, 0.5) is 0 Å². The van der Waals surface area contributed by atoms with E-state index in [1.54, 1.807) is 11.3 Å². The van der Waals surface area contributed by atoms with E-state index in [0.717, 1.165) is 8.66 Å². The largest absolute Gasteiger partial charge is 0.299 e. The van der Waals surface area contributed by atoms with Crippen LogP contribution in [0.15, 0.2) is 15.9 Å². The Morgan fingerprint density at radius 2 is 2.43 bits per heavy atom. The molecule has 0 aromatic carbocycles. The number of ketones is 1. The van der Waals surface area contributed by atoms with Crippen LogP contribution in [0.3, 0.4) is 0 Å². The van der Waals surface area contributed by atoms with Crippen molar-refractivity contribution >= 4 is 33.0 Å². The van der Waals surface area contributed by atoms with E-state index < -0.39 is 0 Å². The summed E-state index contributed by atoms with van der Waals surface area (Å²) >= 11 is 4.93. The number of nitrogens with one attached hydrogen (secondary N) is 1. The molecule has 0 fully saturated rings. The normalized spacial score (nSPS) is 9.71. The Balaban J connectivity index is 2.31. The van der Waals surface area contributed by atoms with Crippen molar-refractivity contribution in [2.75, 3.05) is 13.1 Å². The molecule has 0 radical (unpaired) electrons. The fraction of sp³-hybridized carbons (Fsp3) is 0.300. The van der Waals surface area contributed by atoms with E-state index >= 15 is 0 Å². The third-order valence-electron chi connectivity index (χ3n) is 1.55. The lowest BCUT2D eigenvalue weighted by Crippen LogP contribution is -2.24. The quantitative estimate of drug-likeness (QED) is 0.654. The van der Waals surface area contributed by atoms with Gasteiger partial charge in [-0.25, -0.2) is 0 Å². The van der Waals surface area contributed by atoms with E-state index in [4.69, 9.17) is 6.42 Å². The maximum Gasteiger partial charge on any atom is 0.151 e. The van der Waals surface area contributed by atoms with Crippen molar-refractivity contribution in [2.24, 2.45) is 0 Å². The number of hydrogen-bond acceptors (Lipinski definition) is 3. The minimum atomic E-state index is 0.162. The summed E-state index contributed by atoms with van der Waals surface area (Å²) in [7, 11) is 0. The van der Waals surface area contributed by atoms with Crippen molar-refractivity contribution in [1.29, 1.82) is 0 Å². The molecule has 0 amide bonds. The van der Waals surface area contributed by atoms with E-state index in [1.807, 2.05) is 12.1 Å². The van der Waals surface area contributed by atoms with E-state index in [0.29, 0.717) is 19.5 Å². The third kappa shape index (κ3) is 4.05. The molecule has 0 aliphatic rings. The van der Waals surface area contributed by atoms with Gasteiger partial charge in [-0.3, -0.25) is 10.1 Å². The molecule has 0 aliphatic carbocycles. The summed E-state index contributed by atoms with van der Waals surface area (Å²) in [6, 6.07) is 3.90. The second-order valence-electron chi connectivity index (χ2n) is 2.73. The molecule has 0 unspecified atom stereocenters. The molecular weight excluding hydrogens is 262 g/mol. The summed E-state index contributed by atoms with van der Waals surface area (Å²) in [4.78, 5) is 12.4. The lowest BCUT2D eigenvalue weighted by molar-refractivity contribution is -0.117. The summed E-state index contributed by atoms with van der Waals surface area (Å²) in [6.45, 7) is 0.791. The summed E-state index contributed by atoms with van der Waals surface area (Å²) in [6.07, 6.45) is 5.52. The Labute approximate surface area is 95.8 Å². The van der Waals surface area contributed by atoms with Crippen molar-refractivity contribution in [3.8, 4) is 12.3 Å². The molecule has 0 atom stereocenters. The van der Waals surface area contributed by atoms with E-state index in [9.17, 15) is 4.79 Å². The van der Waals surface area contributed by atoms with Gasteiger partial charge in [0.05, 0.1) is 16.9 Å². The highest BCUT2D eigenvalue weighted by Gasteiger charge is 2.04. The number of Topliss-reactive ketones (excluding diaryl/α,β-unsaturated/α-hetero) is 1. The highest BCUT2D eigenvalue weighted by molar-refractivity contribution is 9.11. The van der Waals surface area contributed by atoms with Gasteiger partial charge in [-0.2, -0.15) is 0 Å². The molecular formula is C10H10BrNOS. The zero-order chi connectivity index (χ0) is 10.4. The fourth-order valence-electron chi connectivity index (χ4n) is 0.978.